The summed E-state index contributed by atoms with van der Waals surface area (Å²) in [6, 6.07) is 23.4. The minimum absolute atomic E-state index is 0.0111. The van der Waals surface area contributed by atoms with Crippen molar-refractivity contribution in [1.29, 1.82) is 0 Å². The summed E-state index contributed by atoms with van der Waals surface area (Å²) in [5.41, 5.74) is 4.20. The number of halogens is 1. The van der Waals surface area contributed by atoms with E-state index >= 15 is 0 Å². The maximum Gasteiger partial charge on any atom is 0.273 e. The summed E-state index contributed by atoms with van der Waals surface area (Å²) < 4.78 is 1.82. The van der Waals surface area contributed by atoms with Gasteiger partial charge in [0.15, 0.2) is 0 Å². The SMILES string of the molecule is CC(=O)N1CCCN(CC(C)C)CCN(C(=O)c2c3ccccc3nn2Cc2ccc(Cl)cc2)Cc2ccccc21. The van der Waals surface area contributed by atoms with E-state index in [2.05, 4.69) is 18.7 Å². The van der Waals surface area contributed by atoms with Gasteiger partial charge in [0, 0.05) is 55.7 Å². The van der Waals surface area contributed by atoms with E-state index < -0.39 is 0 Å². The van der Waals surface area contributed by atoms with Crippen LogP contribution in [-0.4, -0.2) is 64.1 Å². The molecule has 8 heteroatoms. The number of carbonyl (C=O) groups excluding carboxylic acids is 2. The van der Waals surface area contributed by atoms with Gasteiger partial charge in [0.05, 0.1) is 12.1 Å². The molecular weight excluding hydrogens is 534 g/mol. The molecular formula is C33H38ClN5O2. The zero-order valence-electron chi connectivity index (χ0n) is 24.1. The van der Waals surface area contributed by atoms with Crippen molar-refractivity contribution in [3.63, 3.8) is 0 Å². The van der Waals surface area contributed by atoms with E-state index in [9.17, 15) is 9.59 Å². The van der Waals surface area contributed by atoms with Crippen LogP contribution >= 0.6 is 11.6 Å². The number of aromatic nitrogens is 2. The molecule has 0 aliphatic carbocycles. The van der Waals surface area contributed by atoms with Crippen molar-refractivity contribution >= 4 is 40.0 Å². The minimum atomic E-state index is -0.0689. The summed E-state index contributed by atoms with van der Waals surface area (Å²) >= 11 is 6.13. The fraction of sp³-hybridized carbons (Fsp3) is 0.364. The molecule has 0 atom stereocenters. The van der Waals surface area contributed by atoms with Crippen molar-refractivity contribution in [2.24, 2.45) is 5.92 Å². The van der Waals surface area contributed by atoms with Gasteiger partial charge in [0.2, 0.25) is 5.91 Å². The van der Waals surface area contributed by atoms with Gasteiger partial charge in [-0.15, -0.1) is 0 Å². The Kier molecular flexibility index (Phi) is 9.06. The molecule has 0 radical (unpaired) electrons. The largest absolute Gasteiger partial charge is 0.332 e. The van der Waals surface area contributed by atoms with E-state index in [0.717, 1.165) is 53.8 Å². The van der Waals surface area contributed by atoms with Crippen molar-refractivity contribution in [3.05, 3.63) is 94.6 Å². The van der Waals surface area contributed by atoms with Gasteiger partial charge in [-0.25, -0.2) is 0 Å². The number of para-hydroxylation sites is 1. The molecule has 3 aromatic carbocycles. The molecule has 5 rings (SSSR count). The smallest absolute Gasteiger partial charge is 0.273 e. The Morgan fingerprint density at radius 1 is 0.902 bits per heavy atom. The average molecular weight is 572 g/mol. The number of rotatable bonds is 5. The highest BCUT2D eigenvalue weighted by atomic mass is 35.5. The van der Waals surface area contributed by atoms with E-state index in [0.29, 0.717) is 42.8 Å². The lowest BCUT2D eigenvalue weighted by Crippen LogP contribution is -2.40. The molecule has 41 heavy (non-hydrogen) atoms. The van der Waals surface area contributed by atoms with Crippen LogP contribution in [0.1, 0.15) is 48.8 Å². The van der Waals surface area contributed by atoms with Crippen LogP contribution in [0, 0.1) is 5.92 Å². The fourth-order valence-electron chi connectivity index (χ4n) is 5.67. The number of benzene rings is 3. The standard InChI is InChI=1S/C33H38ClN5O2/c1-24(2)21-36-17-8-18-38(25(3)40)31-12-7-4-9-27(31)23-37(20-19-36)33(41)32-29-10-5-6-11-30(29)35-39(32)22-26-13-15-28(34)16-14-26/h4-7,9-16,24H,8,17-23H2,1-3H3. The van der Waals surface area contributed by atoms with Crippen molar-refractivity contribution in [3.8, 4) is 0 Å². The molecule has 1 aromatic heterocycles. The molecule has 2 amide bonds. The third-order valence-electron chi connectivity index (χ3n) is 7.57. The first-order valence-electron chi connectivity index (χ1n) is 14.4. The number of fused-ring (bicyclic) bond motifs is 2. The van der Waals surface area contributed by atoms with Gasteiger partial charge in [-0.3, -0.25) is 14.3 Å². The first-order chi connectivity index (χ1) is 19.8. The second kappa shape index (κ2) is 12.9. The Bertz CT molecular complexity index is 1510. The molecule has 0 bridgehead atoms. The number of nitrogens with zero attached hydrogens (tertiary/aromatic N) is 5. The molecule has 0 unspecified atom stereocenters. The van der Waals surface area contributed by atoms with Crippen molar-refractivity contribution < 1.29 is 9.59 Å². The lowest BCUT2D eigenvalue weighted by molar-refractivity contribution is -0.116. The molecule has 2 heterocycles. The highest BCUT2D eigenvalue weighted by Gasteiger charge is 2.27. The Labute approximate surface area is 247 Å². The van der Waals surface area contributed by atoms with Gasteiger partial charge in [0.25, 0.3) is 5.91 Å². The van der Waals surface area contributed by atoms with Crippen LogP contribution in [0.2, 0.25) is 5.02 Å². The van der Waals surface area contributed by atoms with Gasteiger partial charge in [-0.1, -0.05) is 74.0 Å². The second-order valence-electron chi connectivity index (χ2n) is 11.2. The highest BCUT2D eigenvalue weighted by Crippen LogP contribution is 2.27. The average Bonchev–Trinajstić information content (AvgIpc) is 3.30. The predicted molar refractivity (Wildman–Crippen MR) is 165 cm³/mol. The van der Waals surface area contributed by atoms with Gasteiger partial charge in [-0.05, 0) is 54.3 Å². The zero-order valence-corrected chi connectivity index (χ0v) is 24.8. The van der Waals surface area contributed by atoms with Crippen LogP contribution < -0.4 is 4.90 Å². The number of carbonyl (C=O) groups is 2. The van der Waals surface area contributed by atoms with E-state index in [4.69, 9.17) is 16.7 Å². The molecule has 1 aliphatic heterocycles. The molecule has 0 saturated carbocycles. The quantitative estimate of drug-likeness (QED) is 0.291. The third-order valence-corrected chi connectivity index (χ3v) is 7.82. The first-order valence-corrected chi connectivity index (χ1v) is 14.8. The Morgan fingerprint density at radius 2 is 1.63 bits per heavy atom. The topological polar surface area (TPSA) is 61.7 Å². The maximum atomic E-state index is 14.6. The summed E-state index contributed by atoms with van der Waals surface area (Å²) in [5.74, 6) is 0.438. The first kappa shape index (κ1) is 28.8. The van der Waals surface area contributed by atoms with Gasteiger partial charge < -0.3 is 14.7 Å². The van der Waals surface area contributed by atoms with Gasteiger partial charge in [-0.2, -0.15) is 5.10 Å². The second-order valence-corrected chi connectivity index (χ2v) is 11.7. The predicted octanol–water partition coefficient (Wildman–Crippen LogP) is 6.10. The molecule has 4 aromatic rings. The lowest BCUT2D eigenvalue weighted by atomic mass is 10.1. The van der Waals surface area contributed by atoms with Crippen LogP contribution in [-0.2, 0) is 17.9 Å². The number of anilines is 1. The molecule has 7 nitrogen and oxygen atoms in total. The fourth-order valence-corrected chi connectivity index (χ4v) is 5.80. The Morgan fingerprint density at radius 3 is 2.39 bits per heavy atom. The number of hydrogen-bond donors (Lipinski definition) is 0. The van der Waals surface area contributed by atoms with E-state index in [1.54, 1.807) is 6.92 Å². The number of amides is 2. The Hall–Kier alpha value is -3.68. The summed E-state index contributed by atoms with van der Waals surface area (Å²) in [6.45, 7) is 10.7. The van der Waals surface area contributed by atoms with Crippen molar-refractivity contribution in [2.45, 2.75) is 40.3 Å². The molecule has 0 spiro atoms. The molecule has 1 aliphatic rings. The van der Waals surface area contributed by atoms with Gasteiger partial charge >= 0.3 is 0 Å². The lowest BCUT2D eigenvalue weighted by Gasteiger charge is -2.29. The van der Waals surface area contributed by atoms with E-state index in [-0.39, 0.29) is 11.8 Å². The van der Waals surface area contributed by atoms with Crippen molar-refractivity contribution in [2.75, 3.05) is 37.6 Å². The minimum Gasteiger partial charge on any atom is -0.332 e. The molecule has 214 valence electrons. The Balaban J connectivity index is 1.56. The number of hydrogen-bond acceptors (Lipinski definition) is 4. The van der Waals surface area contributed by atoms with Crippen LogP contribution in [0.5, 0.6) is 0 Å². The summed E-state index contributed by atoms with van der Waals surface area (Å²) in [5, 5.41) is 6.35. The summed E-state index contributed by atoms with van der Waals surface area (Å²) in [4.78, 5) is 33.6. The van der Waals surface area contributed by atoms with Crippen LogP contribution in [0.15, 0.2) is 72.8 Å². The van der Waals surface area contributed by atoms with Crippen LogP contribution in [0.4, 0.5) is 5.69 Å². The van der Waals surface area contributed by atoms with E-state index in [1.165, 1.54) is 0 Å². The van der Waals surface area contributed by atoms with Crippen molar-refractivity contribution in [1.82, 2.24) is 19.6 Å². The third kappa shape index (κ3) is 6.80. The summed E-state index contributed by atoms with van der Waals surface area (Å²) in [6.07, 6.45) is 0.868. The molecule has 0 saturated heterocycles. The maximum absolute atomic E-state index is 14.6. The monoisotopic (exact) mass is 571 g/mol. The van der Waals surface area contributed by atoms with E-state index in [1.807, 2.05) is 87.3 Å². The highest BCUT2D eigenvalue weighted by molar-refractivity contribution is 6.30. The summed E-state index contributed by atoms with van der Waals surface area (Å²) in [7, 11) is 0. The zero-order chi connectivity index (χ0) is 28.9. The van der Waals surface area contributed by atoms with Crippen LogP contribution in [0.25, 0.3) is 10.9 Å². The molecule has 0 N–H and O–H groups in total. The van der Waals surface area contributed by atoms with Gasteiger partial charge in [0.1, 0.15) is 5.69 Å². The normalized spacial score (nSPS) is 15.1. The van der Waals surface area contributed by atoms with Crippen LogP contribution in [0.3, 0.4) is 0 Å². The molecule has 0 fully saturated rings.